The third-order valence-electron chi connectivity index (χ3n) is 1.74. The van der Waals surface area contributed by atoms with Crippen molar-refractivity contribution in [2.75, 3.05) is 0 Å². The minimum Gasteiger partial charge on any atom is -0.207 e. The molecule has 0 aliphatic heterocycles. The van der Waals surface area contributed by atoms with E-state index in [1.54, 1.807) is 12.1 Å². The zero-order valence-electron chi connectivity index (χ0n) is 7.49. The Morgan fingerprint density at radius 1 is 1.25 bits per heavy atom. The first-order chi connectivity index (χ1) is 5.41. The first-order valence-electron chi connectivity index (χ1n) is 3.87. The minimum atomic E-state index is -1.53. The molecule has 0 amide bonds. The van der Waals surface area contributed by atoms with Gasteiger partial charge in [-0.1, -0.05) is 37.3 Å². The van der Waals surface area contributed by atoms with Crippen molar-refractivity contribution >= 4 is 24.9 Å². The van der Waals surface area contributed by atoms with Crippen LogP contribution in [0.4, 0.5) is 4.39 Å². The van der Waals surface area contributed by atoms with Gasteiger partial charge in [-0.15, -0.1) is 0 Å². The van der Waals surface area contributed by atoms with Crippen LogP contribution < -0.4 is 5.19 Å². The average molecular weight is 203 g/mol. The van der Waals surface area contributed by atoms with Crippen LogP contribution in [0.5, 0.6) is 0 Å². The number of halogens is 2. The summed E-state index contributed by atoms with van der Waals surface area (Å²) in [6, 6.07) is 4.93. The highest BCUT2D eigenvalue weighted by Gasteiger charge is 2.20. The topological polar surface area (TPSA) is 0 Å². The summed E-state index contributed by atoms with van der Waals surface area (Å²) in [5.74, 6) is -0.165. The van der Waals surface area contributed by atoms with Gasteiger partial charge in [0.05, 0.1) is 8.07 Å². The van der Waals surface area contributed by atoms with Gasteiger partial charge in [-0.3, -0.25) is 0 Å². The van der Waals surface area contributed by atoms with Crippen molar-refractivity contribution in [1.29, 1.82) is 0 Å². The lowest BCUT2D eigenvalue weighted by Gasteiger charge is -2.17. The second-order valence-corrected chi connectivity index (χ2v) is 9.35. The second-order valence-electron chi connectivity index (χ2n) is 3.87. The van der Waals surface area contributed by atoms with Crippen molar-refractivity contribution < 1.29 is 4.39 Å². The van der Waals surface area contributed by atoms with Crippen LogP contribution in [0.1, 0.15) is 0 Å². The van der Waals surface area contributed by atoms with E-state index in [0.29, 0.717) is 5.02 Å². The van der Waals surface area contributed by atoms with Crippen LogP contribution in [0.25, 0.3) is 0 Å². The summed E-state index contributed by atoms with van der Waals surface area (Å²) >= 11 is 5.64. The minimum absolute atomic E-state index is 0.165. The van der Waals surface area contributed by atoms with E-state index in [9.17, 15) is 4.39 Å². The maximum absolute atomic E-state index is 13.3. The van der Waals surface area contributed by atoms with E-state index in [2.05, 4.69) is 19.6 Å². The van der Waals surface area contributed by atoms with Crippen LogP contribution in [0.2, 0.25) is 24.7 Å². The molecule has 3 heteroatoms. The lowest BCUT2D eigenvalue weighted by atomic mass is 10.3. The molecule has 0 aliphatic rings. The fraction of sp³-hybridized carbons (Fsp3) is 0.333. The van der Waals surface area contributed by atoms with Gasteiger partial charge in [0.25, 0.3) is 0 Å². The van der Waals surface area contributed by atoms with E-state index < -0.39 is 8.07 Å². The van der Waals surface area contributed by atoms with E-state index in [4.69, 9.17) is 11.6 Å². The average Bonchev–Trinajstić information content (AvgIpc) is 1.83. The lowest BCUT2D eigenvalue weighted by molar-refractivity contribution is 0.635. The number of hydrogen-bond donors (Lipinski definition) is 0. The van der Waals surface area contributed by atoms with Crippen LogP contribution in [0.3, 0.4) is 0 Å². The molecule has 0 fully saturated rings. The van der Waals surface area contributed by atoms with E-state index in [0.717, 1.165) is 5.19 Å². The molecule has 0 aliphatic carbocycles. The highest BCUT2D eigenvalue weighted by molar-refractivity contribution is 6.88. The smallest absolute Gasteiger partial charge is 0.123 e. The summed E-state index contributed by atoms with van der Waals surface area (Å²) < 4.78 is 13.3. The molecule has 0 bridgehead atoms. The van der Waals surface area contributed by atoms with Gasteiger partial charge < -0.3 is 0 Å². The van der Waals surface area contributed by atoms with Crippen molar-refractivity contribution in [1.82, 2.24) is 0 Å². The molecule has 0 saturated carbocycles. The predicted octanol–water partition coefficient (Wildman–Crippen LogP) is 3.02. The highest BCUT2D eigenvalue weighted by atomic mass is 35.5. The molecule has 0 heterocycles. The van der Waals surface area contributed by atoms with Crippen molar-refractivity contribution in [2.45, 2.75) is 19.6 Å². The molecule has 0 spiro atoms. The maximum Gasteiger partial charge on any atom is 0.123 e. The Bertz CT molecular complexity index is 291. The van der Waals surface area contributed by atoms with Gasteiger partial charge in [0.2, 0.25) is 0 Å². The van der Waals surface area contributed by atoms with Crippen LogP contribution in [0.15, 0.2) is 18.2 Å². The van der Waals surface area contributed by atoms with Gasteiger partial charge in [0.15, 0.2) is 0 Å². The van der Waals surface area contributed by atoms with Crippen molar-refractivity contribution in [3.8, 4) is 0 Å². The monoisotopic (exact) mass is 202 g/mol. The molecule has 1 aromatic carbocycles. The van der Waals surface area contributed by atoms with Crippen LogP contribution >= 0.6 is 11.6 Å². The Morgan fingerprint density at radius 3 is 2.25 bits per heavy atom. The van der Waals surface area contributed by atoms with Gasteiger partial charge in [-0.2, -0.15) is 0 Å². The molecule has 0 atom stereocenters. The standard InChI is InChI=1S/C9H12ClFSi/c1-12(2,3)9-5-4-7(10)6-8(9)11/h4-6H,1-3H3. The van der Waals surface area contributed by atoms with Gasteiger partial charge in [-0.25, -0.2) is 4.39 Å². The molecule has 1 aromatic rings. The molecular weight excluding hydrogens is 191 g/mol. The summed E-state index contributed by atoms with van der Waals surface area (Å²) in [5, 5.41) is 1.31. The number of hydrogen-bond acceptors (Lipinski definition) is 0. The van der Waals surface area contributed by atoms with Crippen LogP contribution in [-0.4, -0.2) is 8.07 Å². The third kappa shape index (κ3) is 2.08. The van der Waals surface area contributed by atoms with Gasteiger partial charge in [0, 0.05) is 5.02 Å². The Morgan fingerprint density at radius 2 is 1.83 bits per heavy atom. The molecule has 0 N–H and O–H groups in total. The predicted molar refractivity (Wildman–Crippen MR) is 54.4 cm³/mol. The molecule has 12 heavy (non-hydrogen) atoms. The number of rotatable bonds is 1. The van der Waals surface area contributed by atoms with E-state index in [1.807, 2.05) is 0 Å². The Hall–Kier alpha value is -0.343. The summed E-state index contributed by atoms with van der Waals surface area (Å²) in [6.45, 7) is 6.33. The van der Waals surface area contributed by atoms with E-state index in [-0.39, 0.29) is 5.82 Å². The van der Waals surface area contributed by atoms with Crippen molar-refractivity contribution in [3.05, 3.63) is 29.0 Å². The molecular formula is C9H12ClFSi. The zero-order valence-corrected chi connectivity index (χ0v) is 9.24. The zero-order chi connectivity index (χ0) is 9.35. The summed E-state index contributed by atoms with van der Waals surface area (Å²) in [6.07, 6.45) is 0. The normalized spacial score (nSPS) is 11.8. The van der Waals surface area contributed by atoms with Crippen LogP contribution in [0, 0.1) is 5.82 Å². The quantitative estimate of drug-likeness (QED) is 0.615. The van der Waals surface area contributed by atoms with Gasteiger partial charge >= 0.3 is 0 Å². The first kappa shape index (κ1) is 9.74. The summed E-state index contributed by atoms with van der Waals surface area (Å²) in [7, 11) is -1.53. The largest absolute Gasteiger partial charge is 0.207 e. The first-order valence-corrected chi connectivity index (χ1v) is 7.74. The second kappa shape index (κ2) is 3.19. The lowest BCUT2D eigenvalue weighted by Crippen LogP contribution is -2.39. The van der Waals surface area contributed by atoms with Gasteiger partial charge in [0.1, 0.15) is 5.82 Å². The molecule has 0 saturated heterocycles. The van der Waals surface area contributed by atoms with E-state index in [1.165, 1.54) is 6.07 Å². The number of benzene rings is 1. The molecule has 66 valence electrons. The van der Waals surface area contributed by atoms with Crippen molar-refractivity contribution in [2.24, 2.45) is 0 Å². The Balaban J connectivity index is 3.19. The maximum atomic E-state index is 13.3. The molecule has 0 radical (unpaired) electrons. The summed E-state index contributed by atoms with van der Waals surface area (Å²) in [4.78, 5) is 0. The highest BCUT2D eigenvalue weighted by Crippen LogP contribution is 2.12. The van der Waals surface area contributed by atoms with Crippen LogP contribution in [-0.2, 0) is 0 Å². The fourth-order valence-corrected chi connectivity index (χ4v) is 2.63. The Kier molecular flexibility index (Phi) is 2.59. The summed E-state index contributed by atoms with van der Waals surface area (Å²) in [5.41, 5.74) is 0. The van der Waals surface area contributed by atoms with E-state index >= 15 is 0 Å². The fourth-order valence-electron chi connectivity index (χ4n) is 1.10. The molecule has 0 nitrogen and oxygen atoms in total. The SMILES string of the molecule is C[Si](C)(C)c1ccc(Cl)cc1F. The van der Waals surface area contributed by atoms with Gasteiger partial charge in [-0.05, 0) is 17.3 Å². The Labute approximate surface area is 78.4 Å². The molecule has 1 rings (SSSR count). The van der Waals surface area contributed by atoms with Crippen molar-refractivity contribution in [3.63, 3.8) is 0 Å². The molecule has 0 aromatic heterocycles. The molecule has 0 unspecified atom stereocenters. The third-order valence-corrected chi connectivity index (χ3v) is 4.00.